The standard InChI is InChI=1S/C21H15Cl2NO2S/c1-13(26-18-11-10-14(22)12-15(18)23)21(25)24-16-6-2-4-8-19(16)27-20-9-5-3-7-17(20)24/h2-13H,1H3/t13-/m0/s1. The summed E-state index contributed by atoms with van der Waals surface area (Å²) in [5.74, 6) is 0.260. The van der Waals surface area contributed by atoms with Gasteiger partial charge in [-0.2, -0.15) is 0 Å². The summed E-state index contributed by atoms with van der Waals surface area (Å²) < 4.78 is 5.86. The minimum Gasteiger partial charge on any atom is -0.479 e. The summed E-state index contributed by atoms with van der Waals surface area (Å²) in [4.78, 5) is 17.1. The van der Waals surface area contributed by atoms with E-state index in [-0.39, 0.29) is 5.91 Å². The topological polar surface area (TPSA) is 29.5 Å². The van der Waals surface area contributed by atoms with Gasteiger partial charge in [0.1, 0.15) is 5.75 Å². The summed E-state index contributed by atoms with van der Waals surface area (Å²) in [6.07, 6.45) is -0.729. The van der Waals surface area contributed by atoms with Crippen LogP contribution in [0.3, 0.4) is 0 Å². The first-order valence-corrected chi connectivity index (χ1v) is 9.93. The molecule has 3 aromatic carbocycles. The van der Waals surface area contributed by atoms with Gasteiger partial charge >= 0.3 is 0 Å². The number of carbonyl (C=O) groups is 1. The van der Waals surface area contributed by atoms with Crippen LogP contribution >= 0.6 is 35.0 Å². The molecule has 3 nitrogen and oxygen atoms in total. The lowest BCUT2D eigenvalue weighted by atomic mass is 10.2. The Morgan fingerprint density at radius 2 is 1.56 bits per heavy atom. The van der Waals surface area contributed by atoms with E-state index in [1.807, 2.05) is 48.5 Å². The van der Waals surface area contributed by atoms with E-state index in [1.165, 1.54) is 0 Å². The molecule has 27 heavy (non-hydrogen) atoms. The lowest BCUT2D eigenvalue weighted by Crippen LogP contribution is -2.38. The summed E-state index contributed by atoms with van der Waals surface area (Å²) in [5.41, 5.74) is 1.70. The lowest BCUT2D eigenvalue weighted by molar-refractivity contribution is -0.123. The normalized spacial score (nSPS) is 13.5. The minimum atomic E-state index is -0.729. The van der Waals surface area contributed by atoms with E-state index in [0.29, 0.717) is 15.8 Å². The minimum absolute atomic E-state index is 0.166. The number of benzene rings is 3. The average molecular weight is 416 g/mol. The quantitative estimate of drug-likeness (QED) is 0.482. The molecule has 0 radical (unpaired) electrons. The van der Waals surface area contributed by atoms with E-state index in [1.54, 1.807) is 41.8 Å². The number of rotatable bonds is 3. The molecule has 0 saturated carbocycles. The molecule has 0 aromatic heterocycles. The van der Waals surface area contributed by atoms with Crippen molar-refractivity contribution >= 4 is 52.2 Å². The van der Waals surface area contributed by atoms with E-state index in [4.69, 9.17) is 27.9 Å². The SMILES string of the molecule is C[C@H](Oc1ccc(Cl)cc1Cl)C(=O)N1c2ccccc2Sc2ccccc21. The molecule has 0 unspecified atom stereocenters. The van der Waals surface area contributed by atoms with Gasteiger partial charge in [0.25, 0.3) is 5.91 Å². The second-order valence-electron chi connectivity index (χ2n) is 6.05. The van der Waals surface area contributed by atoms with Gasteiger partial charge < -0.3 is 4.74 Å². The number of hydrogen-bond donors (Lipinski definition) is 0. The van der Waals surface area contributed by atoms with E-state index in [0.717, 1.165) is 21.2 Å². The van der Waals surface area contributed by atoms with E-state index >= 15 is 0 Å². The van der Waals surface area contributed by atoms with Crippen molar-refractivity contribution in [1.82, 2.24) is 0 Å². The van der Waals surface area contributed by atoms with Crippen LogP contribution in [0, 0.1) is 0 Å². The van der Waals surface area contributed by atoms with Crippen LogP contribution in [0.15, 0.2) is 76.5 Å². The molecule has 6 heteroatoms. The fraction of sp³-hybridized carbons (Fsp3) is 0.0952. The van der Waals surface area contributed by atoms with Crippen LogP contribution in [0.1, 0.15) is 6.92 Å². The van der Waals surface area contributed by atoms with E-state index < -0.39 is 6.10 Å². The highest BCUT2D eigenvalue weighted by atomic mass is 35.5. The Morgan fingerprint density at radius 1 is 0.963 bits per heavy atom. The van der Waals surface area contributed by atoms with Gasteiger partial charge in [0.15, 0.2) is 6.10 Å². The third-order valence-electron chi connectivity index (χ3n) is 4.20. The van der Waals surface area contributed by atoms with Gasteiger partial charge in [-0.1, -0.05) is 59.2 Å². The molecule has 1 atom stereocenters. The van der Waals surface area contributed by atoms with Gasteiger partial charge in [0.05, 0.1) is 16.4 Å². The van der Waals surface area contributed by atoms with Crippen molar-refractivity contribution in [2.75, 3.05) is 4.90 Å². The van der Waals surface area contributed by atoms with Crippen LogP contribution in [-0.2, 0) is 4.79 Å². The number of hydrogen-bond acceptors (Lipinski definition) is 3. The number of anilines is 2. The highest BCUT2D eigenvalue weighted by Crippen LogP contribution is 2.48. The molecule has 136 valence electrons. The highest BCUT2D eigenvalue weighted by Gasteiger charge is 2.31. The Hall–Kier alpha value is -2.14. The molecule has 1 heterocycles. The van der Waals surface area contributed by atoms with Crippen LogP contribution < -0.4 is 9.64 Å². The van der Waals surface area contributed by atoms with Crippen molar-refractivity contribution in [1.29, 1.82) is 0 Å². The average Bonchev–Trinajstić information content (AvgIpc) is 2.67. The fourth-order valence-electron chi connectivity index (χ4n) is 2.94. The van der Waals surface area contributed by atoms with Crippen LogP contribution in [0.4, 0.5) is 11.4 Å². The highest BCUT2D eigenvalue weighted by molar-refractivity contribution is 7.99. The Labute approximate surface area is 171 Å². The molecule has 0 bridgehead atoms. The maximum absolute atomic E-state index is 13.3. The Morgan fingerprint density at radius 3 is 2.15 bits per heavy atom. The van der Waals surface area contributed by atoms with Crippen LogP contribution in [0.2, 0.25) is 10.0 Å². The number of ether oxygens (including phenoxy) is 1. The van der Waals surface area contributed by atoms with E-state index in [2.05, 4.69) is 0 Å². The second-order valence-corrected chi connectivity index (χ2v) is 7.97. The van der Waals surface area contributed by atoms with E-state index in [9.17, 15) is 4.79 Å². The maximum atomic E-state index is 13.3. The Bertz CT molecular complexity index is 979. The van der Waals surface area contributed by atoms with Crippen molar-refractivity contribution in [3.8, 4) is 5.75 Å². The van der Waals surface area contributed by atoms with Gasteiger partial charge in [0.2, 0.25) is 0 Å². The fourth-order valence-corrected chi connectivity index (χ4v) is 4.45. The lowest BCUT2D eigenvalue weighted by Gasteiger charge is -2.32. The van der Waals surface area contributed by atoms with Crippen molar-refractivity contribution in [3.63, 3.8) is 0 Å². The zero-order chi connectivity index (χ0) is 19.0. The largest absolute Gasteiger partial charge is 0.479 e. The first-order valence-electron chi connectivity index (χ1n) is 8.36. The second kappa shape index (κ2) is 7.47. The summed E-state index contributed by atoms with van der Waals surface area (Å²) in [5, 5.41) is 0.888. The number of nitrogens with zero attached hydrogens (tertiary/aromatic N) is 1. The molecule has 0 fully saturated rings. The first kappa shape index (κ1) is 18.2. The molecule has 1 amide bonds. The maximum Gasteiger partial charge on any atom is 0.272 e. The number of fused-ring (bicyclic) bond motifs is 2. The van der Waals surface area contributed by atoms with Crippen molar-refractivity contribution < 1.29 is 9.53 Å². The van der Waals surface area contributed by atoms with Gasteiger partial charge in [-0.25, -0.2) is 0 Å². The Balaban J connectivity index is 1.69. The molecule has 0 saturated heterocycles. The molecule has 4 rings (SSSR count). The van der Waals surface area contributed by atoms with Gasteiger partial charge in [-0.05, 0) is 49.4 Å². The molecule has 0 aliphatic carbocycles. The third-order valence-corrected chi connectivity index (χ3v) is 5.86. The predicted octanol–water partition coefficient (Wildman–Crippen LogP) is 6.59. The van der Waals surface area contributed by atoms with Crippen LogP contribution in [-0.4, -0.2) is 12.0 Å². The molecule has 1 aliphatic heterocycles. The smallest absolute Gasteiger partial charge is 0.272 e. The first-order chi connectivity index (χ1) is 13.0. The number of carbonyl (C=O) groups excluding carboxylic acids is 1. The monoisotopic (exact) mass is 415 g/mol. The summed E-state index contributed by atoms with van der Waals surface area (Å²) in [6.45, 7) is 1.72. The van der Waals surface area contributed by atoms with Crippen molar-refractivity contribution in [2.24, 2.45) is 0 Å². The van der Waals surface area contributed by atoms with Crippen LogP contribution in [0.5, 0.6) is 5.75 Å². The van der Waals surface area contributed by atoms with Crippen molar-refractivity contribution in [3.05, 3.63) is 76.8 Å². The molecule has 0 spiro atoms. The van der Waals surface area contributed by atoms with Gasteiger partial charge in [-0.3, -0.25) is 9.69 Å². The zero-order valence-electron chi connectivity index (χ0n) is 14.4. The molecule has 1 aliphatic rings. The third kappa shape index (κ3) is 3.53. The molecular weight excluding hydrogens is 401 g/mol. The number of para-hydroxylation sites is 2. The molecular formula is C21H15Cl2NO2S. The molecule has 3 aromatic rings. The summed E-state index contributed by atoms with van der Waals surface area (Å²) in [6, 6.07) is 20.6. The number of amides is 1. The predicted molar refractivity (Wildman–Crippen MR) is 111 cm³/mol. The summed E-state index contributed by atoms with van der Waals surface area (Å²) >= 11 is 13.8. The van der Waals surface area contributed by atoms with Crippen molar-refractivity contribution in [2.45, 2.75) is 22.8 Å². The molecule has 0 N–H and O–H groups in total. The zero-order valence-corrected chi connectivity index (χ0v) is 16.7. The summed E-state index contributed by atoms with van der Waals surface area (Å²) in [7, 11) is 0. The van der Waals surface area contributed by atoms with Crippen LogP contribution in [0.25, 0.3) is 0 Å². The van der Waals surface area contributed by atoms with Gasteiger partial charge in [-0.15, -0.1) is 0 Å². The van der Waals surface area contributed by atoms with Gasteiger partial charge in [0, 0.05) is 14.8 Å². The Kier molecular flexibility index (Phi) is 5.04. The number of halogens is 2.